The molecule has 1 fully saturated rings. The summed E-state index contributed by atoms with van der Waals surface area (Å²) in [6.45, 7) is 3.24. The van der Waals surface area contributed by atoms with Crippen LogP contribution in [0.1, 0.15) is 13.8 Å². The first kappa shape index (κ1) is 16.0. The predicted octanol–water partition coefficient (Wildman–Crippen LogP) is 2.27. The maximum Gasteiger partial charge on any atom is 0.244 e. The molecular weight excluding hydrogens is 356 g/mol. The number of carbonyl (C=O) groups excluding carboxylic acids is 3. The molecule has 0 spiro atoms. The lowest BCUT2D eigenvalue weighted by Gasteiger charge is -2.31. The number of rotatable bonds is 3. The van der Waals surface area contributed by atoms with Gasteiger partial charge in [0.2, 0.25) is 17.7 Å². The highest BCUT2D eigenvalue weighted by Gasteiger charge is 2.37. The molecule has 1 aliphatic heterocycles. The van der Waals surface area contributed by atoms with Gasteiger partial charge in [-0.15, -0.1) is 11.8 Å². The smallest absolute Gasteiger partial charge is 0.244 e. The van der Waals surface area contributed by atoms with Gasteiger partial charge in [0.25, 0.3) is 0 Å². The first-order valence-electron chi connectivity index (χ1n) is 6.44. The highest BCUT2D eigenvalue weighted by molar-refractivity contribution is 9.10. The van der Waals surface area contributed by atoms with Gasteiger partial charge in [-0.1, -0.05) is 15.9 Å². The van der Waals surface area contributed by atoms with Gasteiger partial charge in [0.05, 0.1) is 10.5 Å². The van der Waals surface area contributed by atoms with Crippen LogP contribution in [0, 0.1) is 0 Å². The third kappa shape index (κ3) is 3.85. The maximum absolute atomic E-state index is 12.0. The molecule has 0 unspecified atom stereocenters. The van der Waals surface area contributed by atoms with Crippen LogP contribution in [0.15, 0.2) is 28.7 Å². The number of nitrogens with one attached hydrogen (secondary N) is 1. The van der Waals surface area contributed by atoms with E-state index in [4.69, 9.17) is 0 Å². The molecule has 1 aromatic carbocycles. The van der Waals surface area contributed by atoms with Crippen molar-refractivity contribution < 1.29 is 14.4 Å². The molecule has 21 heavy (non-hydrogen) atoms. The van der Waals surface area contributed by atoms with Crippen molar-refractivity contribution in [3.8, 4) is 0 Å². The molecule has 2 atom stereocenters. The molecule has 0 aliphatic carbocycles. The summed E-state index contributed by atoms with van der Waals surface area (Å²) in [4.78, 5) is 37.1. The summed E-state index contributed by atoms with van der Waals surface area (Å²) in [5.41, 5.74) is 0.621. The maximum atomic E-state index is 12.0. The Hall–Kier alpha value is -1.34. The average Bonchev–Trinajstić information content (AvgIpc) is 2.44. The molecule has 3 amide bonds. The van der Waals surface area contributed by atoms with Gasteiger partial charge in [0, 0.05) is 10.2 Å². The van der Waals surface area contributed by atoms with E-state index >= 15 is 0 Å². The molecule has 112 valence electrons. The Morgan fingerprint density at radius 3 is 2.24 bits per heavy atom. The third-order valence-electron chi connectivity index (χ3n) is 3.07. The normalized spacial score (nSPS) is 22.3. The lowest BCUT2D eigenvalue weighted by atomic mass is 10.3. The van der Waals surface area contributed by atoms with Gasteiger partial charge in [-0.3, -0.25) is 19.3 Å². The number of benzene rings is 1. The molecular formula is C14H15BrN2O3S. The van der Waals surface area contributed by atoms with Crippen molar-refractivity contribution >= 4 is 51.1 Å². The summed E-state index contributed by atoms with van der Waals surface area (Å²) in [6.07, 6.45) is 0. The molecule has 0 aromatic heterocycles. The fraction of sp³-hybridized carbons (Fsp3) is 0.357. The van der Waals surface area contributed by atoms with E-state index in [1.807, 2.05) is 0 Å². The van der Waals surface area contributed by atoms with Gasteiger partial charge in [-0.2, -0.15) is 0 Å². The second kappa shape index (κ2) is 6.62. The van der Waals surface area contributed by atoms with E-state index in [9.17, 15) is 14.4 Å². The number of anilines is 1. The van der Waals surface area contributed by atoms with E-state index in [-0.39, 0.29) is 34.8 Å². The zero-order valence-corrected chi connectivity index (χ0v) is 14.0. The third-order valence-corrected chi connectivity index (χ3v) is 4.81. The van der Waals surface area contributed by atoms with E-state index in [0.29, 0.717) is 5.69 Å². The molecule has 1 saturated heterocycles. The van der Waals surface area contributed by atoms with Crippen molar-refractivity contribution in [1.82, 2.24) is 4.90 Å². The van der Waals surface area contributed by atoms with Crippen molar-refractivity contribution in [2.24, 2.45) is 0 Å². The summed E-state index contributed by atoms with van der Waals surface area (Å²) in [5.74, 6) is -1.01. The van der Waals surface area contributed by atoms with Gasteiger partial charge < -0.3 is 5.32 Å². The molecule has 0 radical (unpaired) electrons. The standard InChI is InChI=1S/C14H15BrN2O3S/c1-8-13(19)17(14(20)9(2)21-8)7-12(18)16-11-5-3-10(15)4-6-11/h3-6,8-9H,7H2,1-2H3,(H,16,18)/t8-,9-/m1/s1. The minimum atomic E-state index is -0.384. The molecule has 5 nitrogen and oxygen atoms in total. The lowest BCUT2D eigenvalue weighted by Crippen LogP contribution is -2.52. The second-order valence-electron chi connectivity index (χ2n) is 4.74. The molecule has 7 heteroatoms. The number of halogens is 1. The molecule has 1 aromatic rings. The Morgan fingerprint density at radius 1 is 1.19 bits per heavy atom. The fourth-order valence-corrected chi connectivity index (χ4v) is 3.37. The van der Waals surface area contributed by atoms with Crippen LogP contribution in [0.2, 0.25) is 0 Å². The molecule has 2 rings (SSSR count). The number of nitrogens with zero attached hydrogens (tertiary/aromatic N) is 1. The number of hydrogen-bond acceptors (Lipinski definition) is 4. The first-order chi connectivity index (χ1) is 9.88. The van der Waals surface area contributed by atoms with Crippen LogP contribution in [-0.4, -0.2) is 39.7 Å². The quantitative estimate of drug-likeness (QED) is 0.828. The zero-order valence-electron chi connectivity index (χ0n) is 11.6. The highest BCUT2D eigenvalue weighted by atomic mass is 79.9. The van der Waals surface area contributed by atoms with Crippen LogP contribution in [-0.2, 0) is 14.4 Å². The van der Waals surface area contributed by atoms with Gasteiger partial charge in [0.15, 0.2) is 0 Å². The fourth-order valence-electron chi connectivity index (χ4n) is 2.00. The largest absolute Gasteiger partial charge is 0.325 e. The minimum Gasteiger partial charge on any atom is -0.325 e. The van der Waals surface area contributed by atoms with E-state index in [0.717, 1.165) is 9.37 Å². The van der Waals surface area contributed by atoms with Crippen LogP contribution in [0.3, 0.4) is 0 Å². The first-order valence-corrected chi connectivity index (χ1v) is 8.18. The summed E-state index contributed by atoms with van der Waals surface area (Å²) >= 11 is 4.62. The number of imide groups is 1. The summed E-state index contributed by atoms with van der Waals surface area (Å²) in [6, 6.07) is 7.08. The Bertz CT molecular complexity index is 556. The van der Waals surface area contributed by atoms with Crippen LogP contribution in [0.4, 0.5) is 5.69 Å². The van der Waals surface area contributed by atoms with Gasteiger partial charge in [-0.05, 0) is 38.1 Å². The Labute approximate surface area is 135 Å². The predicted molar refractivity (Wildman–Crippen MR) is 86.0 cm³/mol. The monoisotopic (exact) mass is 370 g/mol. The number of carbonyl (C=O) groups is 3. The molecule has 1 heterocycles. The lowest BCUT2D eigenvalue weighted by molar-refractivity contribution is -0.147. The molecule has 0 bridgehead atoms. The van der Waals surface area contributed by atoms with Crippen LogP contribution in [0.25, 0.3) is 0 Å². The minimum absolute atomic E-state index is 0.247. The van der Waals surface area contributed by atoms with Crippen LogP contribution >= 0.6 is 27.7 Å². The van der Waals surface area contributed by atoms with Crippen molar-refractivity contribution in [1.29, 1.82) is 0 Å². The number of thioether (sulfide) groups is 1. The Balaban J connectivity index is 2.02. The summed E-state index contributed by atoms with van der Waals surface area (Å²) < 4.78 is 0.904. The van der Waals surface area contributed by atoms with Crippen molar-refractivity contribution in [3.05, 3.63) is 28.7 Å². The second-order valence-corrected chi connectivity index (χ2v) is 7.34. The van der Waals surface area contributed by atoms with Gasteiger partial charge in [-0.25, -0.2) is 0 Å². The summed E-state index contributed by atoms with van der Waals surface area (Å²) in [7, 11) is 0. The van der Waals surface area contributed by atoms with E-state index < -0.39 is 0 Å². The topological polar surface area (TPSA) is 66.5 Å². The molecule has 1 aliphatic rings. The average molecular weight is 371 g/mol. The Kier molecular flexibility index (Phi) is 5.05. The zero-order chi connectivity index (χ0) is 15.6. The van der Waals surface area contributed by atoms with Gasteiger partial charge in [0.1, 0.15) is 6.54 Å². The highest BCUT2D eigenvalue weighted by Crippen LogP contribution is 2.26. The Morgan fingerprint density at radius 2 is 1.71 bits per heavy atom. The number of amides is 3. The number of hydrogen-bond donors (Lipinski definition) is 1. The van der Waals surface area contributed by atoms with Crippen LogP contribution < -0.4 is 5.32 Å². The van der Waals surface area contributed by atoms with Crippen LogP contribution in [0.5, 0.6) is 0 Å². The molecule has 0 saturated carbocycles. The SMILES string of the molecule is C[C@H]1S[C@H](C)C(=O)N(CC(=O)Nc2ccc(Br)cc2)C1=O. The van der Waals surface area contributed by atoms with E-state index in [1.165, 1.54) is 11.8 Å². The van der Waals surface area contributed by atoms with Crippen molar-refractivity contribution in [2.45, 2.75) is 24.3 Å². The van der Waals surface area contributed by atoms with Crippen molar-refractivity contribution in [3.63, 3.8) is 0 Å². The van der Waals surface area contributed by atoms with E-state index in [2.05, 4.69) is 21.2 Å². The summed E-state index contributed by atoms with van der Waals surface area (Å²) in [5, 5.41) is 2.06. The molecule has 1 N–H and O–H groups in total. The van der Waals surface area contributed by atoms with Gasteiger partial charge >= 0.3 is 0 Å². The van der Waals surface area contributed by atoms with E-state index in [1.54, 1.807) is 38.1 Å². The van der Waals surface area contributed by atoms with Crippen molar-refractivity contribution in [2.75, 3.05) is 11.9 Å².